The lowest BCUT2D eigenvalue weighted by Crippen LogP contribution is -2.45. The third-order valence-electron chi connectivity index (χ3n) is 3.42. The number of nitrogens with two attached hydrogens (primary N) is 1. The van der Waals surface area contributed by atoms with Crippen molar-refractivity contribution in [2.24, 2.45) is 5.73 Å². The summed E-state index contributed by atoms with van der Waals surface area (Å²) in [5, 5.41) is 8.76. The SMILES string of the molecule is NCC1CN(Cc2nnc(-c3ccccc3Cl)o2)CCO1. The van der Waals surface area contributed by atoms with Crippen LogP contribution in [0.25, 0.3) is 11.5 Å². The molecule has 1 aliphatic rings. The molecule has 3 rings (SSSR count). The Morgan fingerprint density at radius 3 is 3.00 bits per heavy atom. The van der Waals surface area contributed by atoms with Crippen molar-refractivity contribution in [2.45, 2.75) is 12.6 Å². The van der Waals surface area contributed by atoms with Gasteiger partial charge in [0.2, 0.25) is 11.8 Å². The maximum atomic E-state index is 6.13. The van der Waals surface area contributed by atoms with Crippen molar-refractivity contribution in [1.82, 2.24) is 15.1 Å². The Morgan fingerprint density at radius 1 is 1.33 bits per heavy atom. The van der Waals surface area contributed by atoms with Crippen LogP contribution in [0.5, 0.6) is 0 Å². The average Bonchev–Trinajstić information content (AvgIpc) is 2.96. The number of rotatable bonds is 4. The van der Waals surface area contributed by atoms with Gasteiger partial charge >= 0.3 is 0 Å². The highest BCUT2D eigenvalue weighted by atomic mass is 35.5. The Labute approximate surface area is 127 Å². The number of hydrogen-bond acceptors (Lipinski definition) is 6. The van der Waals surface area contributed by atoms with E-state index >= 15 is 0 Å². The summed E-state index contributed by atoms with van der Waals surface area (Å²) < 4.78 is 11.2. The van der Waals surface area contributed by atoms with E-state index in [4.69, 9.17) is 26.5 Å². The number of hydrogen-bond donors (Lipinski definition) is 1. The quantitative estimate of drug-likeness (QED) is 0.923. The molecule has 21 heavy (non-hydrogen) atoms. The van der Waals surface area contributed by atoms with Crippen molar-refractivity contribution in [3.05, 3.63) is 35.2 Å². The molecule has 0 spiro atoms. The molecule has 1 fully saturated rings. The summed E-state index contributed by atoms with van der Waals surface area (Å²) >= 11 is 6.13. The summed E-state index contributed by atoms with van der Waals surface area (Å²) in [5.41, 5.74) is 6.39. The second-order valence-corrected chi connectivity index (χ2v) is 5.35. The van der Waals surface area contributed by atoms with E-state index in [0.717, 1.165) is 18.7 Å². The molecule has 2 N–H and O–H groups in total. The van der Waals surface area contributed by atoms with Crippen LogP contribution >= 0.6 is 11.6 Å². The number of aromatic nitrogens is 2. The van der Waals surface area contributed by atoms with Gasteiger partial charge in [0.15, 0.2) is 0 Å². The molecule has 0 amide bonds. The molecule has 112 valence electrons. The summed E-state index contributed by atoms with van der Waals surface area (Å²) in [6.07, 6.45) is 0.0738. The van der Waals surface area contributed by atoms with Gasteiger partial charge in [0.1, 0.15) is 0 Å². The predicted octanol–water partition coefficient (Wildman–Crippen LogP) is 1.55. The van der Waals surface area contributed by atoms with Crippen LogP contribution in [0.2, 0.25) is 5.02 Å². The van der Waals surface area contributed by atoms with E-state index in [-0.39, 0.29) is 6.10 Å². The molecule has 0 radical (unpaired) electrons. The molecule has 7 heteroatoms. The van der Waals surface area contributed by atoms with Gasteiger partial charge in [0.25, 0.3) is 0 Å². The van der Waals surface area contributed by atoms with Crippen molar-refractivity contribution in [3.63, 3.8) is 0 Å². The molecule has 2 heterocycles. The van der Waals surface area contributed by atoms with Crippen molar-refractivity contribution in [3.8, 4) is 11.5 Å². The van der Waals surface area contributed by atoms with E-state index < -0.39 is 0 Å². The molecule has 6 nitrogen and oxygen atoms in total. The first-order valence-corrected chi connectivity index (χ1v) is 7.25. The van der Waals surface area contributed by atoms with E-state index in [2.05, 4.69) is 15.1 Å². The normalized spacial score (nSPS) is 19.8. The van der Waals surface area contributed by atoms with Crippen LogP contribution in [0.1, 0.15) is 5.89 Å². The van der Waals surface area contributed by atoms with Gasteiger partial charge in [-0.05, 0) is 12.1 Å². The highest BCUT2D eigenvalue weighted by Gasteiger charge is 2.21. The minimum Gasteiger partial charge on any atom is -0.419 e. The molecule has 2 aromatic rings. The van der Waals surface area contributed by atoms with Crippen molar-refractivity contribution in [2.75, 3.05) is 26.2 Å². The lowest BCUT2D eigenvalue weighted by atomic mass is 10.2. The van der Waals surface area contributed by atoms with Crippen LogP contribution in [0, 0.1) is 0 Å². The number of halogens is 1. The molecule has 0 aliphatic carbocycles. The van der Waals surface area contributed by atoms with E-state index in [1.54, 1.807) is 6.07 Å². The Balaban J connectivity index is 1.69. The van der Waals surface area contributed by atoms with Crippen LogP contribution in [-0.4, -0.2) is 47.4 Å². The van der Waals surface area contributed by atoms with Crippen molar-refractivity contribution in [1.29, 1.82) is 0 Å². The smallest absolute Gasteiger partial charge is 0.249 e. The third-order valence-corrected chi connectivity index (χ3v) is 3.75. The fourth-order valence-electron chi connectivity index (χ4n) is 2.32. The second-order valence-electron chi connectivity index (χ2n) is 4.94. The standard InChI is InChI=1S/C14H17ClN4O2/c15-12-4-2-1-3-11(12)14-18-17-13(21-14)9-19-5-6-20-10(7-16)8-19/h1-4,10H,5-9,16H2. The number of ether oxygens (including phenoxy) is 1. The van der Waals surface area contributed by atoms with E-state index in [1.165, 1.54) is 0 Å². The van der Waals surface area contributed by atoms with Crippen LogP contribution in [-0.2, 0) is 11.3 Å². The Kier molecular flexibility index (Phi) is 4.50. The van der Waals surface area contributed by atoms with Crippen LogP contribution in [0.3, 0.4) is 0 Å². The highest BCUT2D eigenvalue weighted by molar-refractivity contribution is 6.33. The average molecular weight is 309 g/mol. The van der Waals surface area contributed by atoms with Gasteiger partial charge in [-0.2, -0.15) is 0 Å². The second kappa shape index (κ2) is 6.53. The summed E-state index contributed by atoms with van der Waals surface area (Å²) in [7, 11) is 0. The van der Waals surface area contributed by atoms with Gasteiger partial charge in [0, 0.05) is 19.6 Å². The molecule has 0 saturated carbocycles. The summed E-state index contributed by atoms with van der Waals surface area (Å²) in [4.78, 5) is 2.20. The number of morpholine rings is 1. The Hall–Kier alpha value is -1.47. The largest absolute Gasteiger partial charge is 0.419 e. The topological polar surface area (TPSA) is 77.4 Å². The minimum atomic E-state index is 0.0738. The van der Waals surface area contributed by atoms with Crippen LogP contribution < -0.4 is 5.73 Å². The van der Waals surface area contributed by atoms with Crippen LogP contribution in [0.4, 0.5) is 0 Å². The Bertz CT molecular complexity index is 604. The third kappa shape index (κ3) is 3.41. The fourth-order valence-corrected chi connectivity index (χ4v) is 2.54. The van der Waals surface area contributed by atoms with E-state index in [0.29, 0.717) is 36.5 Å². The van der Waals surface area contributed by atoms with E-state index in [9.17, 15) is 0 Å². The molecular weight excluding hydrogens is 292 g/mol. The molecule has 1 aromatic carbocycles. The first kappa shape index (κ1) is 14.5. The molecular formula is C14H17ClN4O2. The van der Waals surface area contributed by atoms with Gasteiger partial charge < -0.3 is 14.9 Å². The van der Waals surface area contributed by atoms with Gasteiger partial charge in [0.05, 0.1) is 29.8 Å². The molecule has 1 atom stereocenters. The van der Waals surface area contributed by atoms with E-state index in [1.807, 2.05) is 18.2 Å². The zero-order valence-corrected chi connectivity index (χ0v) is 12.3. The number of nitrogens with zero attached hydrogens (tertiary/aromatic N) is 3. The zero-order chi connectivity index (χ0) is 14.7. The maximum Gasteiger partial charge on any atom is 0.249 e. The highest BCUT2D eigenvalue weighted by Crippen LogP contribution is 2.26. The maximum absolute atomic E-state index is 6.13. The lowest BCUT2D eigenvalue weighted by Gasteiger charge is -2.31. The van der Waals surface area contributed by atoms with Gasteiger partial charge in [-0.3, -0.25) is 4.90 Å². The number of benzene rings is 1. The molecule has 1 saturated heterocycles. The zero-order valence-electron chi connectivity index (χ0n) is 11.5. The Morgan fingerprint density at radius 2 is 2.19 bits per heavy atom. The van der Waals surface area contributed by atoms with Gasteiger partial charge in [-0.15, -0.1) is 10.2 Å². The minimum absolute atomic E-state index is 0.0738. The first-order chi connectivity index (χ1) is 10.3. The first-order valence-electron chi connectivity index (χ1n) is 6.87. The van der Waals surface area contributed by atoms with Gasteiger partial charge in [-0.25, -0.2) is 0 Å². The fraction of sp³-hybridized carbons (Fsp3) is 0.429. The predicted molar refractivity (Wildman–Crippen MR) is 78.8 cm³/mol. The molecule has 0 bridgehead atoms. The molecule has 1 aliphatic heterocycles. The van der Waals surface area contributed by atoms with Gasteiger partial charge in [-0.1, -0.05) is 23.7 Å². The summed E-state index contributed by atoms with van der Waals surface area (Å²) in [6, 6.07) is 7.41. The van der Waals surface area contributed by atoms with Crippen molar-refractivity contribution >= 4 is 11.6 Å². The summed E-state index contributed by atoms with van der Waals surface area (Å²) in [5.74, 6) is 1.02. The van der Waals surface area contributed by atoms with Crippen LogP contribution in [0.15, 0.2) is 28.7 Å². The van der Waals surface area contributed by atoms with Crippen molar-refractivity contribution < 1.29 is 9.15 Å². The molecule has 1 aromatic heterocycles. The summed E-state index contributed by atoms with van der Waals surface area (Å²) in [6.45, 7) is 3.40. The lowest BCUT2D eigenvalue weighted by molar-refractivity contribution is -0.0283. The molecule has 1 unspecified atom stereocenters. The monoisotopic (exact) mass is 308 g/mol.